The number of nitrogens with zero attached hydrogens (tertiary/aromatic N) is 1. The summed E-state index contributed by atoms with van der Waals surface area (Å²) in [6, 6.07) is 5.78. The first-order chi connectivity index (χ1) is 9.67. The summed E-state index contributed by atoms with van der Waals surface area (Å²) in [6.45, 7) is 4.22. The van der Waals surface area contributed by atoms with Crippen molar-refractivity contribution >= 4 is 11.1 Å². The van der Waals surface area contributed by atoms with Gasteiger partial charge in [-0.25, -0.2) is 4.98 Å². The van der Waals surface area contributed by atoms with E-state index >= 15 is 0 Å². The van der Waals surface area contributed by atoms with Crippen LogP contribution in [0.25, 0.3) is 11.1 Å². The molecule has 0 aliphatic carbocycles. The predicted molar refractivity (Wildman–Crippen MR) is 79.9 cm³/mol. The molecule has 1 N–H and O–H groups in total. The average Bonchev–Trinajstić information content (AvgIpc) is 2.93. The van der Waals surface area contributed by atoms with Gasteiger partial charge < -0.3 is 9.73 Å². The molecule has 2 fully saturated rings. The average molecular weight is 270 g/mol. The van der Waals surface area contributed by atoms with E-state index in [1.54, 1.807) is 0 Å². The van der Waals surface area contributed by atoms with Crippen LogP contribution in [0.1, 0.15) is 42.7 Å². The zero-order chi connectivity index (χ0) is 13.7. The number of aromatic nitrogens is 1. The van der Waals surface area contributed by atoms with E-state index in [0.717, 1.165) is 41.4 Å². The molecule has 20 heavy (non-hydrogen) atoms. The van der Waals surface area contributed by atoms with Crippen molar-refractivity contribution in [3.63, 3.8) is 0 Å². The molecular formula is C17H22N2O. The third-order valence-electron chi connectivity index (χ3n) is 4.90. The minimum atomic E-state index is 0.739. The van der Waals surface area contributed by atoms with Gasteiger partial charge in [-0.05, 0) is 62.6 Å². The van der Waals surface area contributed by atoms with Gasteiger partial charge in [-0.3, -0.25) is 0 Å². The summed E-state index contributed by atoms with van der Waals surface area (Å²) < 4.78 is 6.02. The second kappa shape index (κ2) is 4.59. The first-order valence-electron chi connectivity index (χ1n) is 7.80. The molecule has 0 saturated carbocycles. The maximum Gasteiger partial charge on any atom is 0.195 e. The van der Waals surface area contributed by atoms with Crippen LogP contribution in [0.4, 0.5) is 0 Å². The maximum absolute atomic E-state index is 6.02. The number of aryl methyl sites for hydroxylation is 2. The van der Waals surface area contributed by atoms with Crippen molar-refractivity contribution in [2.24, 2.45) is 5.92 Å². The van der Waals surface area contributed by atoms with Gasteiger partial charge >= 0.3 is 0 Å². The van der Waals surface area contributed by atoms with Gasteiger partial charge in [-0.2, -0.15) is 0 Å². The normalized spacial score (nSPS) is 29.2. The Morgan fingerprint density at radius 3 is 2.70 bits per heavy atom. The van der Waals surface area contributed by atoms with Gasteiger partial charge in [-0.15, -0.1) is 0 Å². The van der Waals surface area contributed by atoms with Crippen molar-refractivity contribution in [3.05, 3.63) is 29.2 Å². The molecule has 2 aromatic rings. The maximum atomic E-state index is 6.02. The van der Waals surface area contributed by atoms with E-state index in [2.05, 4.69) is 31.3 Å². The standard InChI is InChI=1S/C17H22N2O/c1-10-5-11(2)17-15(6-10)19-16(20-17)9-12-7-13-3-4-14(8-12)18-13/h5-6,12-14,18H,3-4,7-9H2,1-2H3. The van der Waals surface area contributed by atoms with E-state index in [4.69, 9.17) is 9.40 Å². The van der Waals surface area contributed by atoms with Crippen molar-refractivity contribution in [2.45, 2.75) is 58.0 Å². The predicted octanol–water partition coefficient (Wildman–Crippen LogP) is 3.52. The number of rotatable bonds is 2. The second-order valence-electron chi connectivity index (χ2n) is 6.72. The first kappa shape index (κ1) is 12.4. The van der Waals surface area contributed by atoms with E-state index in [0.29, 0.717) is 0 Å². The van der Waals surface area contributed by atoms with Gasteiger partial charge in [0.15, 0.2) is 11.5 Å². The number of fused-ring (bicyclic) bond motifs is 3. The molecule has 106 valence electrons. The lowest BCUT2D eigenvalue weighted by molar-refractivity contribution is 0.284. The van der Waals surface area contributed by atoms with Crippen LogP contribution in [0.3, 0.4) is 0 Å². The summed E-state index contributed by atoms with van der Waals surface area (Å²) in [5, 5.41) is 3.70. The highest BCUT2D eigenvalue weighted by Crippen LogP contribution is 2.33. The molecule has 0 amide bonds. The highest BCUT2D eigenvalue weighted by atomic mass is 16.3. The molecule has 2 bridgehead atoms. The smallest absolute Gasteiger partial charge is 0.195 e. The molecule has 2 unspecified atom stereocenters. The van der Waals surface area contributed by atoms with Crippen LogP contribution in [0.15, 0.2) is 16.5 Å². The molecule has 0 spiro atoms. The SMILES string of the molecule is Cc1cc(C)c2oc(CC3CC4CCC(C3)N4)nc2c1. The Morgan fingerprint density at radius 1 is 1.20 bits per heavy atom. The van der Waals surface area contributed by atoms with Crippen molar-refractivity contribution in [3.8, 4) is 0 Å². The van der Waals surface area contributed by atoms with Gasteiger partial charge in [0.25, 0.3) is 0 Å². The van der Waals surface area contributed by atoms with E-state index in [1.165, 1.54) is 36.8 Å². The Balaban J connectivity index is 1.58. The lowest BCUT2D eigenvalue weighted by Crippen LogP contribution is -2.38. The molecule has 3 heteroatoms. The Bertz CT molecular complexity index is 634. The van der Waals surface area contributed by atoms with Crippen LogP contribution in [0, 0.1) is 19.8 Å². The zero-order valence-electron chi connectivity index (χ0n) is 12.3. The summed E-state index contributed by atoms with van der Waals surface area (Å²) in [7, 11) is 0. The summed E-state index contributed by atoms with van der Waals surface area (Å²) in [6.07, 6.45) is 6.28. The third kappa shape index (κ3) is 2.14. The summed E-state index contributed by atoms with van der Waals surface area (Å²) in [5.41, 5.74) is 4.45. The Morgan fingerprint density at radius 2 is 1.95 bits per heavy atom. The second-order valence-corrected chi connectivity index (χ2v) is 6.72. The molecular weight excluding hydrogens is 248 g/mol. The largest absolute Gasteiger partial charge is 0.440 e. The summed E-state index contributed by atoms with van der Waals surface area (Å²) in [5.74, 6) is 1.67. The van der Waals surface area contributed by atoms with Gasteiger partial charge in [-0.1, -0.05) is 6.07 Å². The summed E-state index contributed by atoms with van der Waals surface area (Å²) >= 11 is 0. The van der Waals surface area contributed by atoms with Crippen LogP contribution in [-0.2, 0) is 6.42 Å². The molecule has 1 aromatic carbocycles. The van der Waals surface area contributed by atoms with E-state index in [1.807, 2.05) is 0 Å². The lowest BCUT2D eigenvalue weighted by Gasteiger charge is -2.28. The monoisotopic (exact) mass is 270 g/mol. The minimum Gasteiger partial charge on any atom is -0.440 e. The molecule has 0 radical (unpaired) electrons. The number of oxazole rings is 1. The number of hydrogen-bond donors (Lipinski definition) is 1. The Labute approximate surface area is 119 Å². The van der Waals surface area contributed by atoms with Crippen LogP contribution in [0.2, 0.25) is 0 Å². The fourth-order valence-electron chi connectivity index (χ4n) is 4.10. The van der Waals surface area contributed by atoms with E-state index < -0.39 is 0 Å². The van der Waals surface area contributed by atoms with Crippen molar-refractivity contribution in [1.82, 2.24) is 10.3 Å². The van der Waals surface area contributed by atoms with Gasteiger partial charge in [0, 0.05) is 18.5 Å². The van der Waals surface area contributed by atoms with Gasteiger partial charge in [0.2, 0.25) is 0 Å². The number of benzene rings is 1. The van der Waals surface area contributed by atoms with Crippen LogP contribution in [-0.4, -0.2) is 17.1 Å². The zero-order valence-corrected chi connectivity index (χ0v) is 12.3. The number of nitrogens with one attached hydrogen (secondary N) is 1. The molecule has 3 heterocycles. The first-order valence-corrected chi connectivity index (χ1v) is 7.80. The number of hydrogen-bond acceptors (Lipinski definition) is 3. The fourth-order valence-corrected chi connectivity index (χ4v) is 4.10. The van der Waals surface area contributed by atoms with E-state index in [-0.39, 0.29) is 0 Å². The van der Waals surface area contributed by atoms with Crippen molar-refractivity contribution in [1.29, 1.82) is 0 Å². The Hall–Kier alpha value is -1.35. The summed E-state index contributed by atoms with van der Waals surface area (Å²) in [4.78, 5) is 4.71. The highest BCUT2D eigenvalue weighted by molar-refractivity contribution is 5.77. The highest BCUT2D eigenvalue weighted by Gasteiger charge is 2.34. The molecule has 3 nitrogen and oxygen atoms in total. The lowest BCUT2D eigenvalue weighted by atomic mass is 9.90. The molecule has 2 aliphatic heterocycles. The van der Waals surface area contributed by atoms with Crippen molar-refractivity contribution in [2.75, 3.05) is 0 Å². The van der Waals surface area contributed by atoms with Crippen LogP contribution >= 0.6 is 0 Å². The molecule has 1 aromatic heterocycles. The van der Waals surface area contributed by atoms with Gasteiger partial charge in [0.1, 0.15) is 5.52 Å². The van der Waals surface area contributed by atoms with Crippen LogP contribution in [0.5, 0.6) is 0 Å². The molecule has 2 saturated heterocycles. The quantitative estimate of drug-likeness (QED) is 0.907. The van der Waals surface area contributed by atoms with Crippen LogP contribution < -0.4 is 5.32 Å². The molecule has 2 aliphatic rings. The molecule has 4 rings (SSSR count). The topological polar surface area (TPSA) is 38.1 Å². The molecule has 2 atom stereocenters. The Kier molecular flexibility index (Phi) is 2.84. The third-order valence-corrected chi connectivity index (χ3v) is 4.90. The van der Waals surface area contributed by atoms with E-state index in [9.17, 15) is 0 Å². The fraction of sp³-hybridized carbons (Fsp3) is 0.588. The minimum absolute atomic E-state index is 0.739. The number of piperidine rings is 1. The van der Waals surface area contributed by atoms with Crippen molar-refractivity contribution < 1.29 is 4.42 Å². The van der Waals surface area contributed by atoms with Gasteiger partial charge in [0.05, 0.1) is 0 Å².